The zero-order valence-corrected chi connectivity index (χ0v) is 12.7. The topological polar surface area (TPSA) is 64.8 Å². The minimum Gasteiger partial charge on any atom is -0.383 e. The third kappa shape index (κ3) is 5.31. The molecule has 0 aliphatic carbocycles. The van der Waals surface area contributed by atoms with E-state index in [1.54, 1.807) is 25.2 Å². The number of rotatable bonds is 7. The van der Waals surface area contributed by atoms with Gasteiger partial charge >= 0.3 is 0 Å². The van der Waals surface area contributed by atoms with Gasteiger partial charge in [0.15, 0.2) is 0 Å². The molecule has 0 fully saturated rings. The van der Waals surface area contributed by atoms with Gasteiger partial charge in [-0.05, 0) is 12.1 Å². The summed E-state index contributed by atoms with van der Waals surface area (Å²) in [6, 6.07) is 3.63. The van der Waals surface area contributed by atoms with Gasteiger partial charge in [0, 0.05) is 27.3 Å². The van der Waals surface area contributed by atoms with Gasteiger partial charge in [-0.1, -0.05) is 11.8 Å². The van der Waals surface area contributed by atoms with E-state index < -0.39 is 0 Å². The fourth-order valence-electron chi connectivity index (χ4n) is 1.53. The first-order valence-electron chi connectivity index (χ1n) is 6.28. The van der Waals surface area contributed by atoms with Gasteiger partial charge in [-0.25, -0.2) is 0 Å². The third-order valence-electron chi connectivity index (χ3n) is 2.55. The van der Waals surface area contributed by atoms with Crippen LogP contribution in [0.4, 0.5) is 0 Å². The van der Waals surface area contributed by atoms with Crippen molar-refractivity contribution >= 4 is 17.2 Å². The van der Waals surface area contributed by atoms with Crippen molar-refractivity contribution in [2.24, 2.45) is 5.73 Å². The Morgan fingerprint density at radius 1 is 1.30 bits per heavy atom. The lowest BCUT2D eigenvalue weighted by Crippen LogP contribution is -2.36. The molecule has 0 saturated heterocycles. The normalized spacial score (nSPS) is 9.95. The molecule has 1 aromatic rings. The van der Waals surface area contributed by atoms with E-state index >= 15 is 0 Å². The lowest BCUT2D eigenvalue weighted by molar-refractivity contribution is 0.0632. The average molecular weight is 296 g/mol. The Labute approximate surface area is 123 Å². The largest absolute Gasteiger partial charge is 0.383 e. The number of thiophene rings is 1. The lowest BCUT2D eigenvalue weighted by Gasteiger charge is -2.21. The molecular formula is C14H20N2O3S. The molecule has 5 nitrogen and oxygen atoms in total. The summed E-state index contributed by atoms with van der Waals surface area (Å²) < 4.78 is 10.1. The molecule has 2 N–H and O–H groups in total. The maximum atomic E-state index is 12.4. The Morgan fingerprint density at radius 2 is 1.95 bits per heavy atom. The summed E-state index contributed by atoms with van der Waals surface area (Å²) in [6.07, 6.45) is 0. The molecule has 1 amide bonds. The zero-order valence-electron chi connectivity index (χ0n) is 11.8. The van der Waals surface area contributed by atoms with Gasteiger partial charge in [-0.2, -0.15) is 0 Å². The summed E-state index contributed by atoms with van der Waals surface area (Å²) in [7, 11) is 3.23. The monoisotopic (exact) mass is 296 g/mol. The van der Waals surface area contributed by atoms with Crippen LogP contribution < -0.4 is 5.73 Å². The molecule has 1 heterocycles. The molecule has 0 bridgehead atoms. The predicted octanol–water partition coefficient (Wildman–Crippen LogP) is 0.793. The Kier molecular flexibility index (Phi) is 7.92. The summed E-state index contributed by atoms with van der Waals surface area (Å²) in [5, 5.41) is 0. The van der Waals surface area contributed by atoms with E-state index in [0.29, 0.717) is 37.7 Å². The SMILES string of the molecule is COCCN(CCOC)C(=O)c1ccc(C#CCN)s1. The van der Waals surface area contributed by atoms with Crippen LogP contribution in [0.15, 0.2) is 12.1 Å². The number of hydrogen-bond donors (Lipinski definition) is 1. The average Bonchev–Trinajstić information content (AvgIpc) is 2.93. The van der Waals surface area contributed by atoms with E-state index in [0.717, 1.165) is 4.88 Å². The Morgan fingerprint density at radius 3 is 2.50 bits per heavy atom. The van der Waals surface area contributed by atoms with E-state index in [9.17, 15) is 4.79 Å². The second kappa shape index (κ2) is 9.50. The Balaban J connectivity index is 2.74. The van der Waals surface area contributed by atoms with Crippen molar-refractivity contribution in [2.75, 3.05) is 47.1 Å². The van der Waals surface area contributed by atoms with Gasteiger partial charge in [-0.3, -0.25) is 4.79 Å². The van der Waals surface area contributed by atoms with Crippen molar-refractivity contribution < 1.29 is 14.3 Å². The maximum Gasteiger partial charge on any atom is 0.264 e. The molecule has 0 radical (unpaired) electrons. The molecule has 0 unspecified atom stereocenters. The lowest BCUT2D eigenvalue weighted by atomic mass is 10.3. The third-order valence-corrected chi connectivity index (χ3v) is 3.54. The first-order chi connectivity index (χ1) is 9.72. The number of hydrogen-bond acceptors (Lipinski definition) is 5. The molecule has 0 atom stereocenters. The van der Waals surface area contributed by atoms with E-state index in [1.165, 1.54) is 11.3 Å². The number of ether oxygens (including phenoxy) is 2. The summed E-state index contributed by atoms with van der Waals surface area (Å²) in [5.41, 5.74) is 5.33. The van der Waals surface area contributed by atoms with Crippen LogP contribution in [-0.2, 0) is 9.47 Å². The van der Waals surface area contributed by atoms with Gasteiger partial charge in [0.1, 0.15) is 0 Å². The number of amides is 1. The molecule has 1 rings (SSSR count). The second-order valence-electron chi connectivity index (χ2n) is 3.95. The highest BCUT2D eigenvalue weighted by Gasteiger charge is 2.17. The molecule has 20 heavy (non-hydrogen) atoms. The van der Waals surface area contributed by atoms with Crippen LogP contribution in [0.3, 0.4) is 0 Å². The maximum absolute atomic E-state index is 12.4. The molecule has 0 aromatic carbocycles. The Bertz CT molecular complexity index is 468. The van der Waals surface area contributed by atoms with Crippen LogP contribution in [0, 0.1) is 11.8 Å². The zero-order chi connectivity index (χ0) is 14.8. The number of nitrogens with two attached hydrogens (primary N) is 1. The molecule has 0 spiro atoms. The summed E-state index contributed by atoms with van der Waals surface area (Å²) in [5.74, 6) is 5.68. The summed E-state index contributed by atoms with van der Waals surface area (Å²) in [6.45, 7) is 2.40. The van der Waals surface area contributed by atoms with Crippen LogP contribution >= 0.6 is 11.3 Å². The van der Waals surface area contributed by atoms with E-state index in [4.69, 9.17) is 15.2 Å². The van der Waals surface area contributed by atoms with Gasteiger partial charge < -0.3 is 20.1 Å². The first kappa shape index (κ1) is 16.7. The van der Waals surface area contributed by atoms with E-state index in [2.05, 4.69) is 11.8 Å². The van der Waals surface area contributed by atoms with Crippen molar-refractivity contribution in [1.82, 2.24) is 4.90 Å². The number of carbonyl (C=O) groups excluding carboxylic acids is 1. The van der Waals surface area contributed by atoms with Crippen LogP contribution in [0.1, 0.15) is 14.5 Å². The number of nitrogens with zero attached hydrogens (tertiary/aromatic N) is 1. The molecule has 0 aliphatic heterocycles. The number of carbonyl (C=O) groups is 1. The first-order valence-corrected chi connectivity index (χ1v) is 7.10. The van der Waals surface area contributed by atoms with Crippen LogP contribution in [0.5, 0.6) is 0 Å². The standard InChI is InChI=1S/C14H20N2O3S/c1-18-10-8-16(9-11-19-2)14(17)13-6-5-12(20-13)4-3-7-15/h5-6H,7-11,15H2,1-2H3. The minimum absolute atomic E-state index is 0.0232. The molecule has 1 aromatic heterocycles. The summed E-state index contributed by atoms with van der Waals surface area (Å²) >= 11 is 1.37. The highest BCUT2D eigenvalue weighted by molar-refractivity contribution is 7.14. The smallest absolute Gasteiger partial charge is 0.264 e. The van der Waals surface area contributed by atoms with Gasteiger partial charge in [0.25, 0.3) is 5.91 Å². The molecular weight excluding hydrogens is 276 g/mol. The van der Waals surface area contributed by atoms with Crippen LogP contribution in [0.25, 0.3) is 0 Å². The van der Waals surface area contributed by atoms with Crippen molar-refractivity contribution in [3.63, 3.8) is 0 Å². The molecule has 0 aliphatic rings. The van der Waals surface area contributed by atoms with E-state index in [-0.39, 0.29) is 5.91 Å². The second-order valence-corrected chi connectivity index (χ2v) is 5.03. The quantitative estimate of drug-likeness (QED) is 0.756. The molecule has 6 heteroatoms. The van der Waals surface area contributed by atoms with Crippen LogP contribution in [0.2, 0.25) is 0 Å². The van der Waals surface area contributed by atoms with E-state index in [1.807, 2.05) is 6.07 Å². The highest BCUT2D eigenvalue weighted by atomic mass is 32.1. The minimum atomic E-state index is -0.0232. The van der Waals surface area contributed by atoms with Crippen molar-refractivity contribution in [3.05, 3.63) is 21.9 Å². The number of methoxy groups -OCH3 is 2. The fraction of sp³-hybridized carbons (Fsp3) is 0.500. The summed E-state index contributed by atoms with van der Waals surface area (Å²) in [4.78, 5) is 15.6. The van der Waals surface area contributed by atoms with Gasteiger partial charge in [0.05, 0.1) is 29.5 Å². The van der Waals surface area contributed by atoms with Crippen molar-refractivity contribution in [3.8, 4) is 11.8 Å². The molecule has 110 valence electrons. The van der Waals surface area contributed by atoms with Gasteiger partial charge in [0.2, 0.25) is 0 Å². The Hall–Kier alpha value is -1.39. The van der Waals surface area contributed by atoms with Crippen molar-refractivity contribution in [1.29, 1.82) is 0 Å². The van der Waals surface area contributed by atoms with Crippen LogP contribution in [-0.4, -0.2) is 57.9 Å². The van der Waals surface area contributed by atoms with Gasteiger partial charge in [-0.15, -0.1) is 11.3 Å². The highest BCUT2D eigenvalue weighted by Crippen LogP contribution is 2.17. The predicted molar refractivity (Wildman–Crippen MR) is 79.9 cm³/mol. The molecule has 0 saturated carbocycles. The fourth-order valence-corrected chi connectivity index (χ4v) is 2.38. The van der Waals surface area contributed by atoms with Crippen molar-refractivity contribution in [2.45, 2.75) is 0 Å².